The number of halogens is 1. The van der Waals surface area contributed by atoms with Crippen molar-refractivity contribution in [2.75, 3.05) is 13.2 Å². The zero-order valence-corrected chi connectivity index (χ0v) is 11.0. The van der Waals surface area contributed by atoms with Crippen LogP contribution in [0.25, 0.3) is 0 Å². The summed E-state index contributed by atoms with van der Waals surface area (Å²) < 4.78 is 5.25. The lowest BCUT2D eigenvalue weighted by Crippen LogP contribution is -2.38. The first-order chi connectivity index (χ1) is 8.90. The minimum Gasteiger partial charge on any atom is -0.484 e. The summed E-state index contributed by atoms with van der Waals surface area (Å²) in [5, 5.41) is 20.2. The van der Waals surface area contributed by atoms with E-state index in [4.69, 9.17) is 26.6 Å². The molecule has 0 aliphatic carbocycles. The predicted molar refractivity (Wildman–Crippen MR) is 68.3 cm³/mol. The molecule has 1 rings (SSSR count). The molecule has 7 heteroatoms. The molecule has 1 amide bonds. The smallest absolute Gasteiger partial charge is 0.334 e. The number of aryl methyl sites for hydroxylation is 1. The van der Waals surface area contributed by atoms with Crippen molar-refractivity contribution in [1.29, 1.82) is 0 Å². The number of carboxylic acid groups (broad SMARTS) is 1. The minimum atomic E-state index is -1.62. The lowest BCUT2D eigenvalue weighted by molar-refractivity contribution is -0.146. The fourth-order valence-electron chi connectivity index (χ4n) is 1.27. The number of benzene rings is 1. The molecule has 104 valence electrons. The molecule has 3 N–H and O–H groups in total. The topological polar surface area (TPSA) is 95.9 Å². The van der Waals surface area contributed by atoms with Gasteiger partial charge in [-0.15, -0.1) is 0 Å². The highest BCUT2D eigenvalue weighted by Crippen LogP contribution is 2.21. The molecule has 0 heterocycles. The van der Waals surface area contributed by atoms with Crippen molar-refractivity contribution in [3.8, 4) is 5.75 Å². The molecule has 0 aliphatic rings. The Morgan fingerprint density at radius 1 is 1.47 bits per heavy atom. The fourth-order valence-corrected chi connectivity index (χ4v) is 1.49. The number of aliphatic hydroxyl groups is 1. The molecule has 0 spiro atoms. The number of hydrogen-bond acceptors (Lipinski definition) is 4. The number of ether oxygens (including phenoxy) is 1. The second-order valence-electron chi connectivity index (χ2n) is 3.86. The van der Waals surface area contributed by atoms with E-state index in [0.29, 0.717) is 10.8 Å². The largest absolute Gasteiger partial charge is 0.484 e. The van der Waals surface area contributed by atoms with E-state index in [1.807, 2.05) is 0 Å². The monoisotopic (exact) mass is 287 g/mol. The van der Waals surface area contributed by atoms with Gasteiger partial charge in [-0.2, -0.15) is 0 Å². The van der Waals surface area contributed by atoms with Gasteiger partial charge in [0.15, 0.2) is 12.7 Å². The maximum absolute atomic E-state index is 11.4. The lowest BCUT2D eigenvalue weighted by atomic mass is 10.2. The van der Waals surface area contributed by atoms with Crippen molar-refractivity contribution in [3.05, 3.63) is 28.8 Å². The second kappa shape index (κ2) is 6.96. The van der Waals surface area contributed by atoms with Crippen LogP contribution in [-0.4, -0.2) is 41.3 Å². The van der Waals surface area contributed by atoms with E-state index < -0.39 is 18.0 Å². The molecule has 0 bridgehead atoms. The van der Waals surface area contributed by atoms with Gasteiger partial charge in [-0.05, 0) is 30.7 Å². The summed E-state index contributed by atoms with van der Waals surface area (Å²) in [4.78, 5) is 21.7. The first-order valence-corrected chi connectivity index (χ1v) is 5.84. The van der Waals surface area contributed by atoms with Gasteiger partial charge in [-0.25, -0.2) is 4.79 Å². The van der Waals surface area contributed by atoms with E-state index in [2.05, 4.69) is 5.32 Å². The molecule has 0 fully saturated rings. The maximum atomic E-state index is 11.4. The Labute approximate surface area is 114 Å². The number of aliphatic carboxylic acids is 1. The van der Waals surface area contributed by atoms with Gasteiger partial charge in [-0.3, -0.25) is 4.79 Å². The summed E-state index contributed by atoms with van der Waals surface area (Å²) in [7, 11) is 0. The summed E-state index contributed by atoms with van der Waals surface area (Å²) in [5.41, 5.74) is 0.783. The third-order valence-electron chi connectivity index (χ3n) is 2.27. The molecule has 1 aromatic rings. The molecule has 6 nitrogen and oxygen atoms in total. The van der Waals surface area contributed by atoms with Gasteiger partial charge in [0.25, 0.3) is 5.91 Å². The highest BCUT2D eigenvalue weighted by Gasteiger charge is 2.14. The van der Waals surface area contributed by atoms with Crippen LogP contribution in [-0.2, 0) is 9.59 Å². The highest BCUT2D eigenvalue weighted by atomic mass is 35.5. The molecule has 0 aromatic heterocycles. The molecule has 1 atom stereocenters. The minimum absolute atomic E-state index is 0.269. The van der Waals surface area contributed by atoms with Crippen LogP contribution in [0.15, 0.2) is 18.2 Å². The van der Waals surface area contributed by atoms with Gasteiger partial charge in [0.2, 0.25) is 0 Å². The van der Waals surface area contributed by atoms with Gasteiger partial charge < -0.3 is 20.3 Å². The summed E-state index contributed by atoms with van der Waals surface area (Å²) in [6.07, 6.45) is -1.62. The summed E-state index contributed by atoms with van der Waals surface area (Å²) in [6, 6.07) is 4.97. The third kappa shape index (κ3) is 5.15. The normalized spacial score (nSPS) is 11.7. The van der Waals surface area contributed by atoms with Gasteiger partial charge in [0, 0.05) is 5.02 Å². The first kappa shape index (κ1) is 15.3. The molecule has 0 saturated carbocycles. The Morgan fingerprint density at radius 3 is 2.74 bits per heavy atom. The van der Waals surface area contributed by atoms with E-state index in [9.17, 15) is 9.59 Å². The zero-order chi connectivity index (χ0) is 14.4. The third-order valence-corrected chi connectivity index (χ3v) is 2.51. The van der Waals surface area contributed by atoms with Crippen molar-refractivity contribution in [1.82, 2.24) is 5.32 Å². The van der Waals surface area contributed by atoms with Crippen LogP contribution in [0.3, 0.4) is 0 Å². The number of aliphatic hydroxyl groups excluding tert-OH is 1. The molecule has 0 radical (unpaired) electrons. The summed E-state index contributed by atoms with van der Waals surface area (Å²) >= 11 is 5.78. The molecule has 1 aromatic carbocycles. The number of carbonyl (C=O) groups is 2. The number of hydrogen-bond donors (Lipinski definition) is 3. The first-order valence-electron chi connectivity index (χ1n) is 5.46. The number of carbonyl (C=O) groups excluding carboxylic acids is 1. The Kier molecular flexibility index (Phi) is 5.59. The van der Waals surface area contributed by atoms with Gasteiger partial charge in [0.1, 0.15) is 5.75 Å². The predicted octanol–water partition coefficient (Wildman–Crippen LogP) is 0.589. The molecule has 19 heavy (non-hydrogen) atoms. The number of rotatable bonds is 6. The summed E-state index contributed by atoms with van der Waals surface area (Å²) in [5.74, 6) is -1.40. The van der Waals surface area contributed by atoms with E-state index in [-0.39, 0.29) is 13.2 Å². The Morgan fingerprint density at radius 2 is 2.16 bits per heavy atom. The SMILES string of the molecule is Cc1cc(Cl)ccc1OCC(=O)NCC(O)C(=O)O. The van der Waals surface area contributed by atoms with Crippen molar-refractivity contribution in [2.24, 2.45) is 0 Å². The van der Waals surface area contributed by atoms with Crippen molar-refractivity contribution >= 4 is 23.5 Å². The number of amides is 1. The molecular weight excluding hydrogens is 274 g/mol. The van der Waals surface area contributed by atoms with E-state index >= 15 is 0 Å². The Balaban J connectivity index is 2.40. The standard InChI is InChI=1S/C12H14ClNO5/c1-7-4-8(13)2-3-10(7)19-6-11(16)14-5-9(15)12(17)18/h2-4,9,15H,5-6H2,1H3,(H,14,16)(H,17,18). The van der Waals surface area contributed by atoms with E-state index in [0.717, 1.165) is 5.56 Å². The van der Waals surface area contributed by atoms with Crippen LogP contribution in [0.4, 0.5) is 0 Å². The quantitative estimate of drug-likeness (QED) is 0.712. The summed E-state index contributed by atoms with van der Waals surface area (Å²) in [6.45, 7) is 1.15. The fraction of sp³-hybridized carbons (Fsp3) is 0.333. The van der Waals surface area contributed by atoms with Crippen LogP contribution in [0.5, 0.6) is 5.75 Å². The van der Waals surface area contributed by atoms with Crippen LogP contribution < -0.4 is 10.1 Å². The maximum Gasteiger partial charge on any atom is 0.334 e. The molecular formula is C12H14ClNO5. The molecule has 0 aliphatic heterocycles. The van der Waals surface area contributed by atoms with E-state index in [1.54, 1.807) is 25.1 Å². The van der Waals surface area contributed by atoms with Crippen molar-refractivity contribution < 1.29 is 24.5 Å². The average Bonchev–Trinajstić information content (AvgIpc) is 2.34. The Hall–Kier alpha value is -1.79. The van der Waals surface area contributed by atoms with Crippen molar-refractivity contribution in [2.45, 2.75) is 13.0 Å². The number of nitrogens with one attached hydrogen (secondary N) is 1. The van der Waals surface area contributed by atoms with Crippen LogP contribution in [0, 0.1) is 6.92 Å². The second-order valence-corrected chi connectivity index (χ2v) is 4.29. The van der Waals surface area contributed by atoms with Gasteiger partial charge >= 0.3 is 5.97 Å². The van der Waals surface area contributed by atoms with E-state index in [1.165, 1.54) is 0 Å². The molecule has 0 saturated heterocycles. The lowest BCUT2D eigenvalue weighted by Gasteiger charge is -2.10. The van der Waals surface area contributed by atoms with Crippen molar-refractivity contribution in [3.63, 3.8) is 0 Å². The van der Waals surface area contributed by atoms with Crippen LogP contribution >= 0.6 is 11.6 Å². The van der Waals surface area contributed by atoms with Gasteiger partial charge in [-0.1, -0.05) is 11.6 Å². The van der Waals surface area contributed by atoms with Crippen LogP contribution in [0.2, 0.25) is 5.02 Å². The average molecular weight is 288 g/mol. The highest BCUT2D eigenvalue weighted by molar-refractivity contribution is 6.30. The zero-order valence-electron chi connectivity index (χ0n) is 10.2. The van der Waals surface area contributed by atoms with Crippen LogP contribution in [0.1, 0.15) is 5.56 Å². The Bertz CT molecular complexity index is 477. The molecule has 1 unspecified atom stereocenters. The van der Waals surface area contributed by atoms with Gasteiger partial charge in [0.05, 0.1) is 6.54 Å². The number of carboxylic acids is 1.